The van der Waals surface area contributed by atoms with Gasteiger partial charge >= 0.3 is 12.8 Å². The van der Waals surface area contributed by atoms with E-state index in [9.17, 15) is 26.7 Å². The number of benzene rings is 3. The Hall–Kier alpha value is -3.46. The summed E-state index contributed by atoms with van der Waals surface area (Å²) in [6.45, 7) is -2.99. The zero-order valence-electron chi connectivity index (χ0n) is 18.9. The molecule has 0 saturated carbocycles. The molecule has 0 aliphatic rings. The van der Waals surface area contributed by atoms with Crippen molar-refractivity contribution in [3.63, 3.8) is 0 Å². The summed E-state index contributed by atoms with van der Waals surface area (Å²) >= 11 is 0. The van der Waals surface area contributed by atoms with Gasteiger partial charge in [0.05, 0.1) is 5.56 Å². The van der Waals surface area contributed by atoms with Gasteiger partial charge in [0.2, 0.25) is 5.91 Å². The number of nitrogens with one attached hydrogen (secondary N) is 2. The summed E-state index contributed by atoms with van der Waals surface area (Å²) in [5.74, 6) is -0.328. The average molecular weight is 492 g/mol. The molecule has 9 heteroatoms. The lowest BCUT2D eigenvalue weighted by Crippen LogP contribution is -2.38. The Kier molecular flexibility index (Phi) is 8.81. The second-order valence-corrected chi connectivity index (χ2v) is 7.86. The maximum Gasteiger partial charge on any atom is 0.416 e. The SMILES string of the molecule is CNC(=O)[C@H](N[C@@H](CCc1ccc(C(F)(F)F)cc1)c1cccc(OC(F)F)c1)c1ccccc1. The van der Waals surface area contributed by atoms with Crippen LogP contribution in [0.15, 0.2) is 78.9 Å². The van der Waals surface area contributed by atoms with Crippen molar-refractivity contribution < 1.29 is 31.5 Å². The first-order valence-corrected chi connectivity index (χ1v) is 10.9. The molecule has 3 aromatic carbocycles. The zero-order chi connectivity index (χ0) is 25.4. The third kappa shape index (κ3) is 7.51. The summed E-state index contributed by atoms with van der Waals surface area (Å²) in [6.07, 6.45) is -3.67. The summed E-state index contributed by atoms with van der Waals surface area (Å²) in [6, 6.07) is 18.7. The highest BCUT2D eigenvalue weighted by Gasteiger charge is 2.30. The molecule has 0 heterocycles. The fraction of sp³-hybridized carbons (Fsp3) is 0.269. The van der Waals surface area contributed by atoms with E-state index in [0.717, 1.165) is 12.1 Å². The Morgan fingerprint density at radius 2 is 1.57 bits per heavy atom. The van der Waals surface area contributed by atoms with Crippen LogP contribution in [0.5, 0.6) is 5.75 Å². The molecule has 0 radical (unpaired) electrons. The fourth-order valence-corrected chi connectivity index (χ4v) is 3.74. The molecule has 0 aliphatic heterocycles. The van der Waals surface area contributed by atoms with Crippen molar-refractivity contribution in [1.82, 2.24) is 10.6 Å². The van der Waals surface area contributed by atoms with Crippen LogP contribution in [0.2, 0.25) is 0 Å². The minimum absolute atomic E-state index is 0.0324. The highest BCUT2D eigenvalue weighted by molar-refractivity contribution is 5.83. The first kappa shape index (κ1) is 26.2. The number of hydrogen-bond acceptors (Lipinski definition) is 3. The summed E-state index contributed by atoms with van der Waals surface area (Å²) < 4.78 is 68.7. The summed E-state index contributed by atoms with van der Waals surface area (Å²) in [7, 11) is 1.51. The van der Waals surface area contributed by atoms with Crippen LogP contribution in [0.25, 0.3) is 0 Å². The zero-order valence-corrected chi connectivity index (χ0v) is 18.9. The summed E-state index contributed by atoms with van der Waals surface area (Å²) in [5, 5.41) is 5.91. The van der Waals surface area contributed by atoms with Crippen LogP contribution in [0.3, 0.4) is 0 Å². The second-order valence-electron chi connectivity index (χ2n) is 7.86. The number of hydrogen-bond donors (Lipinski definition) is 2. The number of rotatable bonds is 10. The first-order valence-electron chi connectivity index (χ1n) is 10.9. The lowest BCUT2D eigenvalue weighted by Gasteiger charge is -2.26. The van der Waals surface area contributed by atoms with Gasteiger partial charge in [-0.3, -0.25) is 10.1 Å². The monoisotopic (exact) mass is 492 g/mol. The van der Waals surface area contributed by atoms with Gasteiger partial charge in [-0.05, 0) is 53.8 Å². The Morgan fingerprint density at radius 3 is 2.17 bits per heavy atom. The molecule has 0 aromatic heterocycles. The predicted octanol–water partition coefficient (Wildman–Crippen LogP) is 6.06. The largest absolute Gasteiger partial charge is 0.435 e. The molecule has 0 saturated heterocycles. The molecular weight excluding hydrogens is 467 g/mol. The topological polar surface area (TPSA) is 50.4 Å². The molecule has 4 nitrogen and oxygen atoms in total. The molecule has 0 aliphatic carbocycles. The maximum absolute atomic E-state index is 12.9. The van der Waals surface area contributed by atoms with Crippen LogP contribution in [-0.2, 0) is 17.4 Å². The highest BCUT2D eigenvalue weighted by Crippen LogP contribution is 2.31. The van der Waals surface area contributed by atoms with E-state index < -0.39 is 30.4 Å². The van der Waals surface area contributed by atoms with Crippen LogP contribution in [0.4, 0.5) is 22.0 Å². The van der Waals surface area contributed by atoms with Crippen LogP contribution < -0.4 is 15.4 Å². The quantitative estimate of drug-likeness (QED) is 0.339. The van der Waals surface area contributed by atoms with Crippen molar-refractivity contribution in [3.05, 3.63) is 101 Å². The second kappa shape index (κ2) is 11.8. The first-order chi connectivity index (χ1) is 16.7. The van der Waals surface area contributed by atoms with Crippen molar-refractivity contribution in [2.24, 2.45) is 0 Å². The molecule has 0 unspecified atom stereocenters. The van der Waals surface area contributed by atoms with E-state index in [-0.39, 0.29) is 11.7 Å². The van der Waals surface area contributed by atoms with E-state index in [4.69, 9.17) is 0 Å². The van der Waals surface area contributed by atoms with Crippen molar-refractivity contribution in [1.29, 1.82) is 0 Å². The number of halogens is 5. The minimum atomic E-state index is -4.43. The average Bonchev–Trinajstić information content (AvgIpc) is 2.84. The number of carbonyl (C=O) groups is 1. The summed E-state index contributed by atoms with van der Waals surface area (Å²) in [4.78, 5) is 12.7. The van der Waals surface area contributed by atoms with E-state index in [0.29, 0.717) is 29.5 Å². The van der Waals surface area contributed by atoms with Gasteiger partial charge in [0.1, 0.15) is 11.8 Å². The van der Waals surface area contributed by atoms with Crippen molar-refractivity contribution in [2.75, 3.05) is 7.05 Å². The Labute approximate surface area is 200 Å². The van der Waals surface area contributed by atoms with Crippen molar-refractivity contribution >= 4 is 5.91 Å². The predicted molar refractivity (Wildman–Crippen MR) is 122 cm³/mol. The molecule has 1 amide bonds. The number of amides is 1. The molecule has 0 spiro atoms. The van der Waals surface area contributed by atoms with E-state index in [2.05, 4.69) is 15.4 Å². The molecule has 0 bridgehead atoms. The van der Waals surface area contributed by atoms with Gasteiger partial charge in [-0.15, -0.1) is 0 Å². The van der Waals surface area contributed by atoms with Gasteiger partial charge in [-0.25, -0.2) is 0 Å². The standard InChI is InChI=1S/C26H25F5N2O2/c1-32-24(34)23(18-6-3-2-4-7-18)33-22(19-8-5-9-21(16-19)35-25(27)28)15-12-17-10-13-20(14-11-17)26(29,30)31/h2-11,13-14,16,22-23,25,33H,12,15H2,1H3,(H,32,34)/t22-,23+/m0/s1. The minimum Gasteiger partial charge on any atom is -0.435 e. The smallest absolute Gasteiger partial charge is 0.416 e. The lowest BCUT2D eigenvalue weighted by atomic mass is 9.96. The fourth-order valence-electron chi connectivity index (χ4n) is 3.74. The number of aryl methyl sites for hydroxylation is 1. The third-order valence-electron chi connectivity index (χ3n) is 5.50. The van der Waals surface area contributed by atoms with Crippen LogP contribution in [-0.4, -0.2) is 19.6 Å². The van der Waals surface area contributed by atoms with E-state index >= 15 is 0 Å². The van der Waals surface area contributed by atoms with Gasteiger partial charge in [-0.2, -0.15) is 22.0 Å². The highest BCUT2D eigenvalue weighted by atomic mass is 19.4. The molecule has 3 aromatic rings. The molecule has 2 atom stereocenters. The number of ether oxygens (including phenoxy) is 1. The van der Waals surface area contributed by atoms with Gasteiger partial charge in [0.25, 0.3) is 0 Å². The third-order valence-corrected chi connectivity index (χ3v) is 5.50. The van der Waals surface area contributed by atoms with E-state index in [1.54, 1.807) is 36.4 Å². The Bertz CT molecular complexity index is 1090. The van der Waals surface area contributed by atoms with Crippen LogP contribution in [0.1, 0.15) is 40.8 Å². The lowest BCUT2D eigenvalue weighted by molar-refractivity contribution is -0.137. The molecular formula is C26H25F5N2O2. The van der Waals surface area contributed by atoms with Gasteiger partial charge in [0, 0.05) is 13.1 Å². The number of carbonyl (C=O) groups excluding carboxylic acids is 1. The summed E-state index contributed by atoms with van der Waals surface area (Å²) in [5.41, 5.74) is 1.23. The Balaban J connectivity index is 1.88. The van der Waals surface area contributed by atoms with Gasteiger partial charge in [-0.1, -0.05) is 54.6 Å². The van der Waals surface area contributed by atoms with Crippen LogP contribution >= 0.6 is 0 Å². The van der Waals surface area contributed by atoms with E-state index in [1.807, 2.05) is 6.07 Å². The molecule has 35 heavy (non-hydrogen) atoms. The molecule has 0 fully saturated rings. The number of likely N-dealkylation sites (N-methyl/N-ethyl adjacent to an activating group) is 1. The molecule has 186 valence electrons. The van der Waals surface area contributed by atoms with Crippen molar-refractivity contribution in [3.8, 4) is 5.75 Å². The van der Waals surface area contributed by atoms with Gasteiger partial charge in [0.15, 0.2) is 0 Å². The Morgan fingerprint density at radius 1 is 0.914 bits per heavy atom. The maximum atomic E-state index is 12.9. The number of alkyl halides is 5. The molecule has 3 rings (SSSR count). The van der Waals surface area contributed by atoms with Gasteiger partial charge < -0.3 is 10.1 Å². The normalized spacial score (nSPS) is 13.3. The van der Waals surface area contributed by atoms with Crippen molar-refractivity contribution in [2.45, 2.75) is 37.7 Å². The van der Waals surface area contributed by atoms with Crippen LogP contribution in [0, 0.1) is 0 Å². The van der Waals surface area contributed by atoms with E-state index in [1.165, 1.54) is 31.3 Å². The molecule has 2 N–H and O–H groups in total.